The first-order valence-corrected chi connectivity index (χ1v) is 7.52. The highest BCUT2D eigenvalue weighted by molar-refractivity contribution is 7.16. The van der Waals surface area contributed by atoms with E-state index in [9.17, 15) is 10.1 Å². The van der Waals surface area contributed by atoms with Gasteiger partial charge in [-0.2, -0.15) is 5.26 Å². The van der Waals surface area contributed by atoms with E-state index in [1.54, 1.807) is 11.3 Å². The zero-order valence-corrected chi connectivity index (χ0v) is 12.2. The SMILES string of the molecule is CCNCC(=O)Nc1sc2c(c1C#N)CCC(C)C2. The fraction of sp³-hybridized carbons (Fsp3) is 0.571. The van der Waals surface area contributed by atoms with Gasteiger partial charge in [0.05, 0.1) is 12.1 Å². The molecule has 0 aliphatic heterocycles. The van der Waals surface area contributed by atoms with Gasteiger partial charge in [0.25, 0.3) is 0 Å². The fourth-order valence-electron chi connectivity index (χ4n) is 2.37. The van der Waals surface area contributed by atoms with Gasteiger partial charge in [0.2, 0.25) is 5.91 Å². The number of nitrogens with one attached hydrogen (secondary N) is 2. The van der Waals surface area contributed by atoms with Crippen molar-refractivity contribution in [3.63, 3.8) is 0 Å². The van der Waals surface area contributed by atoms with Crippen molar-refractivity contribution in [2.75, 3.05) is 18.4 Å². The Balaban J connectivity index is 2.17. The quantitative estimate of drug-likeness (QED) is 0.887. The molecule has 1 amide bonds. The van der Waals surface area contributed by atoms with Crippen LogP contribution >= 0.6 is 11.3 Å². The van der Waals surface area contributed by atoms with Crippen molar-refractivity contribution in [1.82, 2.24) is 5.32 Å². The molecule has 0 aromatic carbocycles. The number of hydrogen-bond acceptors (Lipinski definition) is 4. The molecule has 1 atom stereocenters. The normalized spacial score (nSPS) is 17.6. The van der Waals surface area contributed by atoms with Crippen LogP contribution in [0.3, 0.4) is 0 Å². The van der Waals surface area contributed by atoms with E-state index in [2.05, 4.69) is 23.6 Å². The molecule has 4 nitrogen and oxygen atoms in total. The molecular weight excluding hydrogens is 258 g/mol. The third kappa shape index (κ3) is 3.14. The van der Waals surface area contributed by atoms with Gasteiger partial charge in [-0.1, -0.05) is 13.8 Å². The zero-order chi connectivity index (χ0) is 13.8. The number of fused-ring (bicyclic) bond motifs is 1. The lowest BCUT2D eigenvalue weighted by Gasteiger charge is -2.17. The van der Waals surface area contributed by atoms with Gasteiger partial charge >= 0.3 is 0 Å². The van der Waals surface area contributed by atoms with E-state index in [4.69, 9.17) is 0 Å². The Hall–Kier alpha value is -1.38. The number of anilines is 1. The molecule has 1 aliphatic rings. The molecule has 1 heterocycles. The molecule has 0 saturated carbocycles. The van der Waals surface area contributed by atoms with Crippen LogP contribution in [-0.2, 0) is 17.6 Å². The lowest BCUT2D eigenvalue weighted by Crippen LogP contribution is -2.27. The van der Waals surface area contributed by atoms with Gasteiger partial charge < -0.3 is 10.6 Å². The first-order valence-electron chi connectivity index (χ1n) is 6.70. The molecule has 0 radical (unpaired) electrons. The van der Waals surface area contributed by atoms with E-state index >= 15 is 0 Å². The van der Waals surface area contributed by atoms with Crippen LogP contribution in [0.15, 0.2) is 0 Å². The minimum atomic E-state index is -0.0787. The molecule has 19 heavy (non-hydrogen) atoms. The van der Waals surface area contributed by atoms with E-state index < -0.39 is 0 Å². The van der Waals surface area contributed by atoms with Gasteiger partial charge in [0.1, 0.15) is 11.1 Å². The average Bonchev–Trinajstić information content (AvgIpc) is 2.72. The highest BCUT2D eigenvalue weighted by atomic mass is 32.1. The molecular formula is C14H19N3OS. The predicted octanol–water partition coefficient (Wildman–Crippen LogP) is 2.29. The minimum Gasteiger partial charge on any atom is -0.315 e. The van der Waals surface area contributed by atoms with Crippen LogP contribution in [0.5, 0.6) is 0 Å². The standard InChI is InChI=1S/C14H19N3OS/c1-3-16-8-13(18)17-14-11(7-15)10-5-4-9(2)6-12(10)19-14/h9,16H,3-6,8H2,1-2H3,(H,17,18). The fourth-order valence-corrected chi connectivity index (χ4v) is 3.74. The van der Waals surface area contributed by atoms with Gasteiger partial charge in [-0.25, -0.2) is 0 Å². The van der Waals surface area contributed by atoms with Gasteiger partial charge in [0.15, 0.2) is 0 Å². The third-order valence-corrected chi connectivity index (χ3v) is 4.58. The van der Waals surface area contributed by atoms with E-state index in [-0.39, 0.29) is 5.91 Å². The first kappa shape index (κ1) is 14.0. The summed E-state index contributed by atoms with van der Waals surface area (Å²) >= 11 is 1.57. The summed E-state index contributed by atoms with van der Waals surface area (Å²) in [5, 5.41) is 15.9. The Kier molecular flexibility index (Phi) is 4.56. The highest BCUT2D eigenvalue weighted by Gasteiger charge is 2.24. The molecule has 1 aromatic heterocycles. The highest BCUT2D eigenvalue weighted by Crippen LogP contribution is 2.39. The topological polar surface area (TPSA) is 64.9 Å². The Morgan fingerprint density at radius 1 is 1.58 bits per heavy atom. The van der Waals surface area contributed by atoms with Crippen molar-refractivity contribution in [3.05, 3.63) is 16.0 Å². The van der Waals surface area contributed by atoms with Crippen molar-refractivity contribution >= 4 is 22.2 Å². The Labute approximate surface area is 117 Å². The molecule has 0 fully saturated rings. The number of thiophene rings is 1. The van der Waals surface area contributed by atoms with Crippen molar-refractivity contribution < 1.29 is 4.79 Å². The second-order valence-electron chi connectivity index (χ2n) is 5.00. The van der Waals surface area contributed by atoms with Crippen LogP contribution in [0.2, 0.25) is 0 Å². The zero-order valence-electron chi connectivity index (χ0n) is 11.4. The lowest BCUT2D eigenvalue weighted by molar-refractivity contribution is -0.115. The Morgan fingerprint density at radius 2 is 2.37 bits per heavy atom. The summed E-state index contributed by atoms with van der Waals surface area (Å²) in [5.74, 6) is 0.591. The maximum atomic E-state index is 11.7. The van der Waals surface area contributed by atoms with E-state index in [0.29, 0.717) is 18.0 Å². The number of nitriles is 1. The van der Waals surface area contributed by atoms with Crippen LogP contribution in [-0.4, -0.2) is 19.0 Å². The largest absolute Gasteiger partial charge is 0.315 e. The van der Waals surface area contributed by atoms with Crippen molar-refractivity contribution in [2.24, 2.45) is 5.92 Å². The number of hydrogen-bond donors (Lipinski definition) is 2. The van der Waals surface area contributed by atoms with E-state index in [1.807, 2.05) is 6.92 Å². The molecule has 5 heteroatoms. The summed E-state index contributed by atoms with van der Waals surface area (Å²) in [6.07, 6.45) is 3.11. The second kappa shape index (κ2) is 6.18. The summed E-state index contributed by atoms with van der Waals surface area (Å²) in [6, 6.07) is 2.26. The molecule has 2 N–H and O–H groups in total. The Bertz CT molecular complexity index is 515. The average molecular weight is 277 g/mol. The number of amides is 1. The summed E-state index contributed by atoms with van der Waals surface area (Å²) in [5.41, 5.74) is 1.83. The third-order valence-electron chi connectivity index (χ3n) is 3.41. The molecule has 1 aliphatic carbocycles. The number of carbonyl (C=O) groups excluding carboxylic acids is 1. The van der Waals surface area contributed by atoms with Crippen LogP contribution in [0.4, 0.5) is 5.00 Å². The minimum absolute atomic E-state index is 0.0787. The van der Waals surface area contributed by atoms with Crippen LogP contribution in [0, 0.1) is 17.2 Å². The summed E-state index contributed by atoms with van der Waals surface area (Å²) < 4.78 is 0. The summed E-state index contributed by atoms with van der Waals surface area (Å²) in [4.78, 5) is 13.0. The van der Waals surface area contributed by atoms with E-state index in [0.717, 1.165) is 36.4 Å². The van der Waals surface area contributed by atoms with Crippen LogP contribution in [0.1, 0.15) is 36.3 Å². The van der Waals surface area contributed by atoms with Crippen molar-refractivity contribution in [1.29, 1.82) is 5.26 Å². The maximum absolute atomic E-state index is 11.7. The second-order valence-corrected chi connectivity index (χ2v) is 6.10. The van der Waals surface area contributed by atoms with Gasteiger partial charge in [-0.05, 0) is 37.3 Å². The van der Waals surface area contributed by atoms with Gasteiger partial charge in [-0.15, -0.1) is 11.3 Å². The molecule has 2 rings (SSSR count). The number of rotatable bonds is 4. The lowest BCUT2D eigenvalue weighted by atomic mass is 9.89. The summed E-state index contributed by atoms with van der Waals surface area (Å²) in [7, 11) is 0. The van der Waals surface area contributed by atoms with Crippen molar-refractivity contribution in [2.45, 2.75) is 33.1 Å². The molecule has 0 bridgehead atoms. The molecule has 0 spiro atoms. The number of carbonyl (C=O) groups is 1. The monoisotopic (exact) mass is 277 g/mol. The van der Waals surface area contributed by atoms with Crippen LogP contribution in [0.25, 0.3) is 0 Å². The molecule has 1 aromatic rings. The van der Waals surface area contributed by atoms with Gasteiger partial charge in [-0.3, -0.25) is 4.79 Å². The van der Waals surface area contributed by atoms with Crippen molar-refractivity contribution in [3.8, 4) is 6.07 Å². The maximum Gasteiger partial charge on any atom is 0.238 e. The molecule has 102 valence electrons. The molecule has 0 saturated heterocycles. The smallest absolute Gasteiger partial charge is 0.238 e. The first-order chi connectivity index (χ1) is 9.15. The predicted molar refractivity (Wildman–Crippen MR) is 77.4 cm³/mol. The van der Waals surface area contributed by atoms with Crippen LogP contribution < -0.4 is 10.6 Å². The number of nitrogens with zero attached hydrogens (tertiary/aromatic N) is 1. The number of likely N-dealkylation sites (N-methyl/N-ethyl adjacent to an activating group) is 1. The van der Waals surface area contributed by atoms with Gasteiger partial charge in [0, 0.05) is 4.88 Å². The molecule has 1 unspecified atom stereocenters. The summed E-state index contributed by atoms with van der Waals surface area (Å²) in [6.45, 7) is 5.24. The Morgan fingerprint density at radius 3 is 3.05 bits per heavy atom. The van der Waals surface area contributed by atoms with E-state index in [1.165, 1.54) is 4.88 Å².